The molecule has 74 valence electrons. The highest BCUT2D eigenvalue weighted by molar-refractivity contribution is 7.14. The van der Waals surface area contributed by atoms with Gasteiger partial charge in [0.2, 0.25) is 0 Å². The van der Waals surface area contributed by atoms with E-state index in [1.165, 1.54) is 21.6 Å². The van der Waals surface area contributed by atoms with Crippen LogP contribution < -0.4 is 0 Å². The highest BCUT2D eigenvalue weighted by Crippen LogP contribution is 2.34. The summed E-state index contributed by atoms with van der Waals surface area (Å²) in [4.78, 5) is 1.36. The van der Waals surface area contributed by atoms with E-state index in [-0.39, 0.29) is 0 Å². The minimum Gasteiger partial charge on any atom is -0.152 e. The zero-order valence-corrected chi connectivity index (χ0v) is 10.3. The average Bonchev–Trinajstić information content (AvgIpc) is 3.02. The number of rotatable bonds is 2. The van der Waals surface area contributed by atoms with Gasteiger partial charge in [0.1, 0.15) is 0 Å². The largest absolute Gasteiger partial charge is 0.152 e. The van der Waals surface area contributed by atoms with E-state index in [0.717, 1.165) is 0 Å². The Morgan fingerprint density at radius 3 is 2.13 bits per heavy atom. The van der Waals surface area contributed by atoms with Gasteiger partial charge in [-0.15, -0.1) is 11.3 Å². The third-order valence-corrected chi connectivity index (χ3v) is 4.61. The predicted octanol–water partition coefficient (Wildman–Crippen LogP) is 5.21. The molecular formula is C12H8S3. The summed E-state index contributed by atoms with van der Waals surface area (Å²) in [6.07, 6.45) is 0. The van der Waals surface area contributed by atoms with Crippen molar-refractivity contribution in [3.63, 3.8) is 0 Å². The average molecular weight is 248 g/mol. The fraction of sp³-hybridized carbons (Fsp3) is 0. The van der Waals surface area contributed by atoms with E-state index in [2.05, 4.69) is 45.1 Å². The van der Waals surface area contributed by atoms with Gasteiger partial charge in [0.05, 0.1) is 0 Å². The maximum absolute atomic E-state index is 2.27. The molecule has 0 aliphatic carbocycles. The van der Waals surface area contributed by atoms with Crippen molar-refractivity contribution in [1.29, 1.82) is 0 Å². The first-order valence-corrected chi connectivity index (χ1v) is 7.34. The third-order valence-electron chi connectivity index (χ3n) is 2.26. The lowest BCUT2D eigenvalue weighted by molar-refractivity contribution is 1.81. The van der Waals surface area contributed by atoms with Gasteiger partial charge in [-0.2, -0.15) is 22.7 Å². The Morgan fingerprint density at radius 2 is 1.47 bits per heavy atom. The number of hydrogen-bond donors (Lipinski definition) is 0. The summed E-state index contributed by atoms with van der Waals surface area (Å²) in [7, 11) is 0. The summed E-state index contributed by atoms with van der Waals surface area (Å²) in [5.41, 5.74) is 4.01. The van der Waals surface area contributed by atoms with Crippen molar-refractivity contribution in [2.45, 2.75) is 0 Å². The van der Waals surface area contributed by atoms with Crippen LogP contribution in [0.3, 0.4) is 0 Å². The van der Waals surface area contributed by atoms with Crippen molar-refractivity contribution in [3.8, 4) is 21.6 Å². The van der Waals surface area contributed by atoms with E-state index in [9.17, 15) is 0 Å². The van der Waals surface area contributed by atoms with E-state index in [0.29, 0.717) is 0 Å². The van der Waals surface area contributed by atoms with E-state index in [4.69, 9.17) is 0 Å². The Hall–Kier alpha value is -0.900. The van der Waals surface area contributed by atoms with Crippen LogP contribution in [0.1, 0.15) is 0 Å². The van der Waals surface area contributed by atoms with Gasteiger partial charge in [-0.25, -0.2) is 0 Å². The molecule has 0 N–H and O–H groups in total. The summed E-state index contributed by atoms with van der Waals surface area (Å²) < 4.78 is 0. The molecule has 3 aromatic heterocycles. The van der Waals surface area contributed by atoms with Crippen LogP contribution in [0.2, 0.25) is 0 Å². The van der Waals surface area contributed by atoms with Crippen LogP contribution in [0, 0.1) is 0 Å². The lowest BCUT2D eigenvalue weighted by atomic mass is 10.1. The van der Waals surface area contributed by atoms with Crippen LogP contribution in [-0.4, -0.2) is 0 Å². The highest BCUT2D eigenvalue weighted by atomic mass is 32.1. The monoisotopic (exact) mass is 248 g/mol. The van der Waals surface area contributed by atoms with Crippen molar-refractivity contribution in [1.82, 2.24) is 0 Å². The van der Waals surface area contributed by atoms with E-state index >= 15 is 0 Å². The smallest absolute Gasteiger partial charge is 0.0357 e. The van der Waals surface area contributed by atoms with Gasteiger partial charge in [0, 0.05) is 10.4 Å². The van der Waals surface area contributed by atoms with Crippen molar-refractivity contribution < 1.29 is 0 Å². The van der Waals surface area contributed by atoms with Crippen LogP contribution in [0.5, 0.6) is 0 Å². The molecule has 0 spiro atoms. The van der Waals surface area contributed by atoms with E-state index in [1.807, 2.05) is 11.3 Å². The minimum absolute atomic E-state index is 1.33. The van der Waals surface area contributed by atoms with Crippen LogP contribution in [0.25, 0.3) is 21.6 Å². The molecule has 0 aromatic carbocycles. The van der Waals surface area contributed by atoms with Crippen molar-refractivity contribution in [3.05, 3.63) is 45.1 Å². The predicted molar refractivity (Wildman–Crippen MR) is 70.9 cm³/mol. The summed E-state index contributed by atoms with van der Waals surface area (Å²) in [5.74, 6) is 0. The molecule has 3 rings (SSSR count). The fourth-order valence-electron chi connectivity index (χ4n) is 1.47. The zero-order valence-electron chi connectivity index (χ0n) is 7.84. The summed E-state index contributed by atoms with van der Waals surface area (Å²) in [6.45, 7) is 0. The van der Waals surface area contributed by atoms with Gasteiger partial charge in [0.25, 0.3) is 0 Å². The standard InChI is InChI=1S/C12H8S3/c1-3-13-6-9(1)11-5-12(15-8-11)10-2-4-14-7-10/h1-8H. The van der Waals surface area contributed by atoms with Crippen LogP contribution in [0.15, 0.2) is 45.1 Å². The summed E-state index contributed by atoms with van der Waals surface area (Å²) >= 11 is 5.31. The summed E-state index contributed by atoms with van der Waals surface area (Å²) in [5, 5.41) is 10.9. The Labute approximate surface area is 100 Å². The molecule has 0 saturated heterocycles. The molecule has 0 unspecified atom stereocenters. The highest BCUT2D eigenvalue weighted by Gasteiger charge is 2.04. The fourth-order valence-corrected chi connectivity index (χ4v) is 3.78. The molecule has 0 saturated carbocycles. The second-order valence-electron chi connectivity index (χ2n) is 3.22. The van der Waals surface area contributed by atoms with Gasteiger partial charge in [-0.1, -0.05) is 0 Å². The Morgan fingerprint density at radius 1 is 0.733 bits per heavy atom. The zero-order chi connectivity index (χ0) is 10.1. The molecule has 0 amide bonds. The van der Waals surface area contributed by atoms with Gasteiger partial charge >= 0.3 is 0 Å². The SMILES string of the molecule is c1cc(-c2csc(-c3ccsc3)c2)cs1. The van der Waals surface area contributed by atoms with Crippen molar-refractivity contribution in [2.24, 2.45) is 0 Å². The maximum Gasteiger partial charge on any atom is 0.0357 e. The molecule has 0 bridgehead atoms. The van der Waals surface area contributed by atoms with E-state index < -0.39 is 0 Å². The minimum atomic E-state index is 1.33. The van der Waals surface area contributed by atoms with Crippen molar-refractivity contribution in [2.75, 3.05) is 0 Å². The lowest BCUT2D eigenvalue weighted by Crippen LogP contribution is -1.65. The lowest BCUT2D eigenvalue weighted by Gasteiger charge is -1.89. The van der Waals surface area contributed by atoms with Gasteiger partial charge in [-0.3, -0.25) is 0 Å². The van der Waals surface area contributed by atoms with Crippen LogP contribution in [-0.2, 0) is 0 Å². The first-order valence-electron chi connectivity index (χ1n) is 4.57. The van der Waals surface area contributed by atoms with Crippen LogP contribution >= 0.6 is 34.0 Å². The Bertz CT molecular complexity index is 480. The molecule has 0 nitrogen and oxygen atoms in total. The van der Waals surface area contributed by atoms with E-state index in [1.54, 1.807) is 22.7 Å². The van der Waals surface area contributed by atoms with Crippen LogP contribution in [0.4, 0.5) is 0 Å². The maximum atomic E-state index is 2.27. The first kappa shape index (κ1) is 9.33. The second-order valence-corrected chi connectivity index (χ2v) is 5.69. The molecule has 15 heavy (non-hydrogen) atoms. The topological polar surface area (TPSA) is 0 Å². The number of hydrogen-bond acceptors (Lipinski definition) is 3. The van der Waals surface area contributed by atoms with Gasteiger partial charge < -0.3 is 0 Å². The molecule has 0 atom stereocenters. The summed E-state index contributed by atoms with van der Waals surface area (Å²) in [6, 6.07) is 6.62. The van der Waals surface area contributed by atoms with Gasteiger partial charge in [-0.05, 0) is 56.2 Å². The molecule has 0 radical (unpaired) electrons. The first-order chi connectivity index (χ1) is 7.43. The molecule has 0 aliphatic heterocycles. The third kappa shape index (κ3) is 1.78. The molecule has 3 aromatic rings. The molecule has 0 aliphatic rings. The quantitative estimate of drug-likeness (QED) is 0.584. The van der Waals surface area contributed by atoms with Gasteiger partial charge in [0.15, 0.2) is 0 Å². The molecular weight excluding hydrogens is 240 g/mol. The second kappa shape index (κ2) is 3.93. The van der Waals surface area contributed by atoms with Crippen molar-refractivity contribution >= 4 is 34.0 Å². The Balaban J connectivity index is 2.02. The molecule has 3 heteroatoms. The normalized spacial score (nSPS) is 10.7. The number of thiophene rings is 3. The Kier molecular flexibility index (Phi) is 2.44. The molecule has 0 fully saturated rings. The molecule has 3 heterocycles.